The van der Waals surface area contributed by atoms with Gasteiger partial charge in [-0.05, 0) is 45.7 Å². The summed E-state index contributed by atoms with van der Waals surface area (Å²) < 4.78 is 5.52. The van der Waals surface area contributed by atoms with Crippen molar-refractivity contribution >= 4 is 6.09 Å². The van der Waals surface area contributed by atoms with E-state index in [0.29, 0.717) is 6.54 Å². The van der Waals surface area contributed by atoms with Gasteiger partial charge in [0.05, 0.1) is 6.04 Å². The fraction of sp³-hybridized carbons (Fsp3) is 0.588. The molecule has 116 valence electrons. The fourth-order valence-corrected chi connectivity index (χ4v) is 2.63. The van der Waals surface area contributed by atoms with Crippen LogP contribution in [0, 0.1) is 6.92 Å². The van der Waals surface area contributed by atoms with Crippen molar-refractivity contribution in [3.8, 4) is 0 Å². The van der Waals surface area contributed by atoms with Crippen molar-refractivity contribution in [3.05, 3.63) is 35.4 Å². The van der Waals surface area contributed by atoms with Crippen molar-refractivity contribution in [2.75, 3.05) is 13.1 Å². The molecular weight excluding hydrogens is 264 g/mol. The molecule has 0 spiro atoms. The van der Waals surface area contributed by atoms with Gasteiger partial charge < -0.3 is 15.0 Å². The maximum absolute atomic E-state index is 12.4. The van der Waals surface area contributed by atoms with E-state index in [9.17, 15) is 4.79 Å². The van der Waals surface area contributed by atoms with Crippen LogP contribution in [0.25, 0.3) is 0 Å². The third-order valence-corrected chi connectivity index (χ3v) is 3.76. The molecule has 1 aliphatic heterocycles. The lowest BCUT2D eigenvalue weighted by atomic mass is 9.98. The van der Waals surface area contributed by atoms with Gasteiger partial charge in [0.25, 0.3) is 0 Å². The Balaban J connectivity index is 2.13. The summed E-state index contributed by atoms with van der Waals surface area (Å²) >= 11 is 0. The van der Waals surface area contributed by atoms with E-state index < -0.39 is 5.60 Å². The lowest BCUT2D eigenvalue weighted by molar-refractivity contribution is 0.00955. The summed E-state index contributed by atoms with van der Waals surface area (Å²) in [5.41, 5.74) is 2.03. The highest BCUT2D eigenvalue weighted by atomic mass is 16.6. The van der Waals surface area contributed by atoms with E-state index in [-0.39, 0.29) is 18.2 Å². The van der Waals surface area contributed by atoms with Crippen LogP contribution in [0.3, 0.4) is 0 Å². The molecule has 1 heterocycles. The predicted octanol–water partition coefficient (Wildman–Crippen LogP) is 3.26. The number of hydrogen-bond donors (Lipinski definition) is 1. The van der Waals surface area contributed by atoms with Crippen LogP contribution < -0.4 is 5.32 Å². The molecule has 2 rings (SSSR count). The van der Waals surface area contributed by atoms with Crippen molar-refractivity contribution in [3.63, 3.8) is 0 Å². The average Bonchev–Trinajstić information content (AvgIpc) is 2.38. The van der Waals surface area contributed by atoms with Gasteiger partial charge in [0.1, 0.15) is 5.60 Å². The Labute approximate surface area is 127 Å². The van der Waals surface area contributed by atoms with Crippen LogP contribution in [-0.2, 0) is 4.74 Å². The van der Waals surface area contributed by atoms with Crippen molar-refractivity contribution < 1.29 is 9.53 Å². The van der Waals surface area contributed by atoms with Gasteiger partial charge in [0, 0.05) is 19.1 Å². The first-order valence-electron chi connectivity index (χ1n) is 7.56. The average molecular weight is 290 g/mol. The lowest BCUT2D eigenvalue weighted by Gasteiger charge is -2.39. The maximum atomic E-state index is 12.4. The van der Waals surface area contributed by atoms with Crippen LogP contribution in [0.1, 0.15) is 44.9 Å². The van der Waals surface area contributed by atoms with Gasteiger partial charge in [-0.2, -0.15) is 0 Å². The molecule has 1 saturated heterocycles. The number of benzene rings is 1. The highest BCUT2D eigenvalue weighted by Crippen LogP contribution is 2.24. The molecule has 4 heteroatoms. The number of aryl methyl sites for hydroxylation is 1. The number of piperazine rings is 1. The Kier molecular flexibility index (Phi) is 4.57. The molecule has 2 atom stereocenters. The topological polar surface area (TPSA) is 41.6 Å². The smallest absolute Gasteiger partial charge is 0.410 e. The molecule has 0 saturated carbocycles. The molecule has 1 N–H and O–H groups in total. The molecule has 1 fully saturated rings. The van der Waals surface area contributed by atoms with Gasteiger partial charge in [0.15, 0.2) is 0 Å². The zero-order valence-electron chi connectivity index (χ0n) is 13.6. The van der Waals surface area contributed by atoms with Gasteiger partial charge in [-0.1, -0.05) is 24.3 Å². The summed E-state index contributed by atoms with van der Waals surface area (Å²) in [7, 11) is 0. The maximum Gasteiger partial charge on any atom is 0.410 e. The summed E-state index contributed by atoms with van der Waals surface area (Å²) in [5, 5.41) is 3.52. The van der Waals surface area contributed by atoms with Crippen molar-refractivity contribution in [1.82, 2.24) is 10.2 Å². The van der Waals surface area contributed by atoms with Crippen LogP contribution in [0.4, 0.5) is 4.79 Å². The summed E-state index contributed by atoms with van der Waals surface area (Å²) in [6, 6.07) is 8.61. The lowest BCUT2D eigenvalue weighted by Crippen LogP contribution is -2.54. The summed E-state index contributed by atoms with van der Waals surface area (Å²) in [6.45, 7) is 11.3. The normalized spacial score (nSPS) is 23.0. The van der Waals surface area contributed by atoms with Gasteiger partial charge in [-0.3, -0.25) is 0 Å². The van der Waals surface area contributed by atoms with Gasteiger partial charge in [-0.15, -0.1) is 0 Å². The summed E-state index contributed by atoms with van der Waals surface area (Å²) in [6.07, 6.45) is -0.227. The van der Waals surface area contributed by atoms with E-state index in [2.05, 4.69) is 24.4 Å². The van der Waals surface area contributed by atoms with E-state index in [1.165, 1.54) is 11.1 Å². The first kappa shape index (κ1) is 15.8. The molecule has 21 heavy (non-hydrogen) atoms. The number of nitrogens with one attached hydrogen (secondary N) is 1. The molecule has 0 unspecified atom stereocenters. The van der Waals surface area contributed by atoms with Crippen LogP contribution in [-0.4, -0.2) is 35.7 Å². The highest BCUT2D eigenvalue weighted by molar-refractivity contribution is 5.69. The minimum Gasteiger partial charge on any atom is -0.444 e. The standard InChI is InChI=1S/C17H26N2O2/c1-12-8-6-7-9-14(12)15-11-19(13(2)10-18-15)16(20)21-17(3,4)5/h6-9,13,15,18H,10-11H2,1-5H3/t13-,15+/m0/s1. The number of nitrogens with zero attached hydrogens (tertiary/aromatic N) is 1. The molecule has 1 aromatic carbocycles. The molecule has 0 aliphatic carbocycles. The molecule has 1 amide bonds. The Hall–Kier alpha value is -1.55. The van der Waals surface area contributed by atoms with Crippen LogP contribution >= 0.6 is 0 Å². The second-order valence-corrected chi connectivity index (χ2v) is 6.80. The highest BCUT2D eigenvalue weighted by Gasteiger charge is 2.32. The fourth-order valence-electron chi connectivity index (χ4n) is 2.63. The first-order valence-corrected chi connectivity index (χ1v) is 7.56. The zero-order chi connectivity index (χ0) is 15.6. The largest absolute Gasteiger partial charge is 0.444 e. The third kappa shape index (κ3) is 3.97. The van der Waals surface area contributed by atoms with Crippen LogP contribution in [0.15, 0.2) is 24.3 Å². The van der Waals surface area contributed by atoms with Gasteiger partial charge in [-0.25, -0.2) is 4.79 Å². The van der Waals surface area contributed by atoms with E-state index in [1.807, 2.05) is 44.7 Å². The van der Waals surface area contributed by atoms with E-state index in [4.69, 9.17) is 4.74 Å². The van der Waals surface area contributed by atoms with Crippen molar-refractivity contribution in [2.45, 2.75) is 52.3 Å². The third-order valence-electron chi connectivity index (χ3n) is 3.76. The molecular formula is C17H26N2O2. The Morgan fingerprint density at radius 3 is 2.62 bits per heavy atom. The van der Waals surface area contributed by atoms with Crippen molar-refractivity contribution in [2.24, 2.45) is 0 Å². The summed E-state index contributed by atoms with van der Waals surface area (Å²) in [4.78, 5) is 14.2. The molecule has 4 nitrogen and oxygen atoms in total. The van der Waals surface area contributed by atoms with E-state index in [0.717, 1.165) is 6.54 Å². The van der Waals surface area contributed by atoms with Crippen LogP contribution in [0.5, 0.6) is 0 Å². The molecule has 0 bridgehead atoms. The van der Waals surface area contributed by atoms with Crippen molar-refractivity contribution in [1.29, 1.82) is 0 Å². The number of hydrogen-bond acceptors (Lipinski definition) is 3. The zero-order valence-corrected chi connectivity index (χ0v) is 13.6. The first-order chi connectivity index (χ1) is 9.78. The Bertz CT molecular complexity index is 508. The van der Waals surface area contributed by atoms with Gasteiger partial charge >= 0.3 is 6.09 Å². The second kappa shape index (κ2) is 6.06. The van der Waals surface area contributed by atoms with E-state index in [1.54, 1.807) is 0 Å². The Morgan fingerprint density at radius 1 is 1.33 bits per heavy atom. The SMILES string of the molecule is Cc1ccccc1[C@H]1CN(C(=O)OC(C)(C)C)[C@@H](C)CN1. The second-order valence-electron chi connectivity index (χ2n) is 6.80. The number of carbonyl (C=O) groups excluding carboxylic acids is 1. The monoisotopic (exact) mass is 290 g/mol. The van der Waals surface area contributed by atoms with Crippen LogP contribution in [0.2, 0.25) is 0 Å². The predicted molar refractivity (Wildman–Crippen MR) is 84.3 cm³/mol. The number of amides is 1. The minimum absolute atomic E-state index is 0.139. The molecule has 0 radical (unpaired) electrons. The number of rotatable bonds is 1. The van der Waals surface area contributed by atoms with E-state index >= 15 is 0 Å². The van der Waals surface area contributed by atoms with Gasteiger partial charge in [0.2, 0.25) is 0 Å². The Morgan fingerprint density at radius 2 is 2.00 bits per heavy atom. The molecule has 1 aromatic rings. The minimum atomic E-state index is -0.458. The quantitative estimate of drug-likeness (QED) is 0.863. The molecule has 0 aromatic heterocycles. The molecule has 1 aliphatic rings. The number of carbonyl (C=O) groups is 1. The number of ether oxygens (including phenoxy) is 1. The summed E-state index contributed by atoms with van der Waals surface area (Å²) in [5.74, 6) is 0.